The minimum Gasteiger partial charge on any atom is -0.357 e. The standard InChI is InChI=1S/C20H40N6O2/c1-7-21-20(24(6)16-18(27)25(8-2)9-3)22-13-11-15-26-14-10-12-17(26)19(28)23(4)5/h17H,7-16H2,1-6H3,(H,21,22). The Morgan fingerprint density at radius 1 is 1.14 bits per heavy atom. The van der Waals surface area contributed by atoms with Crippen molar-refractivity contribution in [3.8, 4) is 0 Å². The maximum Gasteiger partial charge on any atom is 0.242 e. The molecule has 0 spiro atoms. The predicted molar refractivity (Wildman–Crippen MR) is 114 cm³/mol. The molecular weight excluding hydrogens is 356 g/mol. The molecule has 1 rings (SSSR count). The topological polar surface area (TPSA) is 71.5 Å². The molecule has 1 unspecified atom stereocenters. The van der Waals surface area contributed by atoms with E-state index in [1.54, 1.807) is 4.90 Å². The van der Waals surface area contributed by atoms with Crippen LogP contribution in [-0.4, -0.2) is 110 Å². The lowest BCUT2D eigenvalue weighted by molar-refractivity contribution is -0.133. The number of carbonyl (C=O) groups is 2. The molecule has 0 saturated carbocycles. The molecule has 2 amide bonds. The highest BCUT2D eigenvalue weighted by atomic mass is 16.2. The normalized spacial score (nSPS) is 17.5. The Kier molecular flexibility index (Phi) is 10.9. The number of amides is 2. The van der Waals surface area contributed by atoms with Crippen molar-refractivity contribution in [1.82, 2.24) is 24.9 Å². The van der Waals surface area contributed by atoms with Crippen LogP contribution >= 0.6 is 0 Å². The van der Waals surface area contributed by atoms with E-state index >= 15 is 0 Å². The molecule has 28 heavy (non-hydrogen) atoms. The fourth-order valence-electron chi connectivity index (χ4n) is 3.55. The summed E-state index contributed by atoms with van der Waals surface area (Å²) in [6, 6.07) is 0.0154. The summed E-state index contributed by atoms with van der Waals surface area (Å²) in [5.74, 6) is 1.06. The Morgan fingerprint density at radius 3 is 2.39 bits per heavy atom. The summed E-state index contributed by atoms with van der Waals surface area (Å²) >= 11 is 0. The van der Waals surface area contributed by atoms with Crippen LogP contribution < -0.4 is 5.32 Å². The summed E-state index contributed by atoms with van der Waals surface area (Å²) in [4.78, 5) is 37.0. The van der Waals surface area contributed by atoms with Gasteiger partial charge in [-0.05, 0) is 46.6 Å². The van der Waals surface area contributed by atoms with Gasteiger partial charge in [0.05, 0.1) is 12.6 Å². The zero-order valence-corrected chi connectivity index (χ0v) is 18.7. The Morgan fingerprint density at radius 2 is 1.82 bits per heavy atom. The number of rotatable bonds is 10. The maximum absolute atomic E-state index is 12.3. The number of hydrogen-bond acceptors (Lipinski definition) is 4. The van der Waals surface area contributed by atoms with Gasteiger partial charge in [-0.2, -0.15) is 0 Å². The van der Waals surface area contributed by atoms with Crippen LogP contribution in [0.25, 0.3) is 0 Å². The Bertz CT molecular complexity index is 519. The van der Waals surface area contributed by atoms with Crippen LogP contribution in [-0.2, 0) is 9.59 Å². The van der Waals surface area contributed by atoms with Crippen molar-refractivity contribution in [2.75, 3.05) is 67.0 Å². The van der Waals surface area contributed by atoms with Crippen molar-refractivity contribution < 1.29 is 9.59 Å². The molecular formula is C20H40N6O2. The average molecular weight is 397 g/mol. The number of guanidine groups is 1. The lowest BCUT2D eigenvalue weighted by atomic mass is 10.2. The van der Waals surface area contributed by atoms with Crippen LogP contribution in [0.4, 0.5) is 0 Å². The summed E-state index contributed by atoms with van der Waals surface area (Å²) in [5, 5.41) is 3.26. The molecule has 0 bridgehead atoms. The first kappa shape index (κ1) is 24.2. The fraction of sp³-hybridized carbons (Fsp3) is 0.850. The molecule has 1 atom stereocenters. The van der Waals surface area contributed by atoms with E-state index in [0.29, 0.717) is 13.1 Å². The van der Waals surface area contributed by atoms with Crippen LogP contribution in [0.1, 0.15) is 40.0 Å². The highest BCUT2D eigenvalue weighted by molar-refractivity contribution is 5.86. The predicted octanol–water partition coefficient (Wildman–Crippen LogP) is 0.695. The largest absolute Gasteiger partial charge is 0.357 e. The summed E-state index contributed by atoms with van der Waals surface area (Å²) in [6.45, 7) is 11.1. The first-order valence-corrected chi connectivity index (χ1v) is 10.6. The van der Waals surface area contributed by atoms with Gasteiger partial charge in [0.25, 0.3) is 0 Å². The van der Waals surface area contributed by atoms with E-state index in [1.807, 2.05) is 51.7 Å². The van der Waals surface area contributed by atoms with E-state index in [4.69, 9.17) is 0 Å². The Labute approximate surface area is 170 Å². The van der Waals surface area contributed by atoms with Gasteiger partial charge >= 0.3 is 0 Å². The van der Waals surface area contributed by atoms with Gasteiger partial charge in [-0.1, -0.05) is 0 Å². The number of aliphatic imine (C=N–C) groups is 1. The third kappa shape index (κ3) is 7.30. The van der Waals surface area contributed by atoms with E-state index in [1.165, 1.54) is 0 Å². The number of carbonyl (C=O) groups excluding carboxylic acids is 2. The minimum atomic E-state index is 0.0154. The fourth-order valence-corrected chi connectivity index (χ4v) is 3.55. The molecule has 1 heterocycles. The monoisotopic (exact) mass is 396 g/mol. The summed E-state index contributed by atoms with van der Waals surface area (Å²) in [5.41, 5.74) is 0. The third-order valence-electron chi connectivity index (χ3n) is 5.14. The van der Waals surface area contributed by atoms with Gasteiger partial charge in [-0.15, -0.1) is 0 Å². The van der Waals surface area contributed by atoms with Crippen molar-refractivity contribution in [2.24, 2.45) is 4.99 Å². The van der Waals surface area contributed by atoms with Crippen molar-refractivity contribution >= 4 is 17.8 Å². The molecule has 8 nitrogen and oxygen atoms in total. The summed E-state index contributed by atoms with van der Waals surface area (Å²) in [7, 11) is 5.54. The zero-order valence-electron chi connectivity index (χ0n) is 18.7. The summed E-state index contributed by atoms with van der Waals surface area (Å²) in [6.07, 6.45) is 2.91. The molecule has 8 heteroatoms. The van der Waals surface area contributed by atoms with Gasteiger partial charge in [0.2, 0.25) is 11.8 Å². The molecule has 0 aromatic heterocycles. The number of nitrogens with one attached hydrogen (secondary N) is 1. The van der Waals surface area contributed by atoms with E-state index in [0.717, 1.165) is 57.9 Å². The van der Waals surface area contributed by atoms with Crippen LogP contribution in [0, 0.1) is 0 Å². The Hall–Kier alpha value is -1.83. The Balaban J connectivity index is 2.55. The number of hydrogen-bond donors (Lipinski definition) is 1. The van der Waals surface area contributed by atoms with Crippen molar-refractivity contribution in [1.29, 1.82) is 0 Å². The second-order valence-corrected chi connectivity index (χ2v) is 7.44. The maximum atomic E-state index is 12.3. The number of nitrogens with zero attached hydrogens (tertiary/aromatic N) is 5. The first-order valence-electron chi connectivity index (χ1n) is 10.6. The molecule has 1 fully saturated rings. The van der Waals surface area contributed by atoms with Crippen molar-refractivity contribution in [3.63, 3.8) is 0 Å². The highest BCUT2D eigenvalue weighted by Crippen LogP contribution is 2.18. The lowest BCUT2D eigenvalue weighted by Crippen LogP contribution is -2.45. The molecule has 0 aromatic carbocycles. The van der Waals surface area contributed by atoms with E-state index in [-0.39, 0.29) is 17.9 Å². The quantitative estimate of drug-likeness (QED) is 0.334. The molecule has 0 aliphatic carbocycles. The number of likely N-dealkylation sites (N-methyl/N-ethyl adjacent to an activating group) is 3. The SMILES string of the molecule is CCNC(=NCCCN1CCCC1C(=O)N(C)C)N(C)CC(=O)N(CC)CC. The molecule has 1 aliphatic rings. The van der Waals surface area contributed by atoms with E-state index in [9.17, 15) is 9.59 Å². The molecule has 0 aromatic rings. The van der Waals surface area contributed by atoms with Gasteiger partial charge in [0.1, 0.15) is 0 Å². The lowest BCUT2D eigenvalue weighted by Gasteiger charge is -2.26. The number of likely N-dealkylation sites (tertiary alicyclic amines) is 1. The second kappa shape index (κ2) is 12.6. The smallest absolute Gasteiger partial charge is 0.242 e. The molecule has 1 aliphatic heterocycles. The van der Waals surface area contributed by atoms with Crippen LogP contribution in [0.5, 0.6) is 0 Å². The van der Waals surface area contributed by atoms with Gasteiger partial charge in [-0.25, -0.2) is 0 Å². The van der Waals surface area contributed by atoms with Gasteiger partial charge < -0.3 is 20.0 Å². The van der Waals surface area contributed by atoms with Crippen LogP contribution in [0.3, 0.4) is 0 Å². The van der Waals surface area contributed by atoms with Gasteiger partial charge in [0.15, 0.2) is 5.96 Å². The van der Waals surface area contributed by atoms with Crippen LogP contribution in [0.2, 0.25) is 0 Å². The van der Waals surface area contributed by atoms with E-state index < -0.39 is 0 Å². The molecule has 0 radical (unpaired) electrons. The van der Waals surface area contributed by atoms with Crippen LogP contribution in [0.15, 0.2) is 4.99 Å². The van der Waals surface area contributed by atoms with Crippen molar-refractivity contribution in [2.45, 2.75) is 46.1 Å². The van der Waals surface area contributed by atoms with Crippen molar-refractivity contribution in [3.05, 3.63) is 0 Å². The zero-order chi connectivity index (χ0) is 21.1. The molecule has 1 N–H and O–H groups in total. The van der Waals surface area contributed by atoms with E-state index in [2.05, 4.69) is 15.2 Å². The molecule has 1 saturated heterocycles. The van der Waals surface area contributed by atoms with Gasteiger partial charge in [-0.3, -0.25) is 19.5 Å². The van der Waals surface area contributed by atoms with Gasteiger partial charge in [0, 0.05) is 53.9 Å². The summed E-state index contributed by atoms with van der Waals surface area (Å²) < 4.78 is 0. The first-order chi connectivity index (χ1) is 13.3. The molecule has 162 valence electrons. The minimum absolute atomic E-state index is 0.0154. The second-order valence-electron chi connectivity index (χ2n) is 7.44. The third-order valence-corrected chi connectivity index (χ3v) is 5.14. The average Bonchev–Trinajstić information content (AvgIpc) is 3.12. The highest BCUT2D eigenvalue weighted by Gasteiger charge is 2.30.